The molecule has 0 aliphatic rings. The molecule has 2 aromatic carbocycles. The molecule has 0 aliphatic carbocycles. The van der Waals surface area contributed by atoms with Crippen molar-refractivity contribution in [2.24, 2.45) is 0 Å². The molecule has 5 nitrogen and oxygen atoms in total. The number of aromatic nitrogens is 1. The van der Waals surface area contributed by atoms with Crippen LogP contribution in [0.2, 0.25) is 0 Å². The van der Waals surface area contributed by atoms with Crippen LogP contribution in [0.3, 0.4) is 0 Å². The number of fused-ring (bicyclic) bond motifs is 1. The maximum Gasteiger partial charge on any atom is 0.264 e. The van der Waals surface area contributed by atoms with Crippen LogP contribution >= 0.6 is 11.3 Å². The monoisotopic (exact) mass is 398 g/mol. The first kappa shape index (κ1) is 20.1. The number of amides is 1. The van der Waals surface area contributed by atoms with Crippen molar-refractivity contribution >= 4 is 32.6 Å². The maximum absolute atomic E-state index is 12.3. The lowest BCUT2D eigenvalue weighted by Gasteiger charge is -2.22. The van der Waals surface area contributed by atoms with Gasteiger partial charge in [0.05, 0.1) is 16.8 Å². The SMILES string of the molecule is CCCOc1ccc2nc(NC(=O)COc3ccccc3C(C)(C)C)sc2c1. The highest BCUT2D eigenvalue weighted by atomic mass is 32.1. The topological polar surface area (TPSA) is 60.5 Å². The number of nitrogens with zero attached hydrogens (tertiary/aromatic N) is 1. The van der Waals surface area contributed by atoms with E-state index in [4.69, 9.17) is 9.47 Å². The van der Waals surface area contributed by atoms with Crippen LogP contribution in [-0.2, 0) is 10.2 Å². The van der Waals surface area contributed by atoms with E-state index in [0.717, 1.165) is 33.7 Å². The van der Waals surface area contributed by atoms with E-state index in [1.807, 2.05) is 42.5 Å². The predicted molar refractivity (Wildman–Crippen MR) is 115 cm³/mol. The molecule has 1 amide bonds. The summed E-state index contributed by atoms with van der Waals surface area (Å²) in [5.74, 6) is 1.32. The summed E-state index contributed by atoms with van der Waals surface area (Å²) in [6, 6.07) is 13.6. The van der Waals surface area contributed by atoms with Crippen LogP contribution in [0.4, 0.5) is 5.13 Å². The molecule has 0 fully saturated rings. The third kappa shape index (κ3) is 5.01. The predicted octanol–water partition coefficient (Wildman–Crippen LogP) is 5.40. The number of rotatable bonds is 7. The molecule has 0 spiro atoms. The number of carbonyl (C=O) groups is 1. The van der Waals surface area contributed by atoms with Gasteiger partial charge in [-0.3, -0.25) is 10.1 Å². The number of hydrogen-bond acceptors (Lipinski definition) is 5. The van der Waals surface area contributed by atoms with Gasteiger partial charge in [0.15, 0.2) is 11.7 Å². The Morgan fingerprint density at radius 2 is 1.93 bits per heavy atom. The summed E-state index contributed by atoms with van der Waals surface area (Å²) in [6.45, 7) is 9.05. The zero-order valence-corrected chi connectivity index (χ0v) is 17.6. The highest BCUT2D eigenvalue weighted by Crippen LogP contribution is 2.31. The Labute approximate surface area is 169 Å². The smallest absolute Gasteiger partial charge is 0.264 e. The molecular weight excluding hydrogens is 372 g/mol. The van der Waals surface area contributed by atoms with Gasteiger partial charge >= 0.3 is 0 Å². The fraction of sp³-hybridized carbons (Fsp3) is 0.364. The van der Waals surface area contributed by atoms with E-state index < -0.39 is 0 Å². The van der Waals surface area contributed by atoms with Crippen molar-refractivity contribution in [3.8, 4) is 11.5 Å². The van der Waals surface area contributed by atoms with Crippen LogP contribution in [0.25, 0.3) is 10.2 Å². The van der Waals surface area contributed by atoms with Crippen LogP contribution in [0.1, 0.15) is 39.7 Å². The fourth-order valence-electron chi connectivity index (χ4n) is 2.78. The molecule has 1 aromatic heterocycles. The first-order chi connectivity index (χ1) is 13.4. The van der Waals surface area contributed by atoms with Crippen molar-refractivity contribution < 1.29 is 14.3 Å². The minimum atomic E-state index is -0.231. The molecule has 0 saturated heterocycles. The zero-order valence-electron chi connectivity index (χ0n) is 16.7. The molecule has 148 valence electrons. The molecule has 0 radical (unpaired) electrons. The summed E-state index contributed by atoms with van der Waals surface area (Å²) in [5, 5.41) is 3.38. The van der Waals surface area contributed by atoms with Gasteiger partial charge in [-0.15, -0.1) is 0 Å². The molecule has 3 aromatic rings. The quantitative estimate of drug-likeness (QED) is 0.579. The van der Waals surface area contributed by atoms with Crippen molar-refractivity contribution in [3.05, 3.63) is 48.0 Å². The van der Waals surface area contributed by atoms with E-state index in [1.165, 1.54) is 11.3 Å². The number of carbonyl (C=O) groups excluding carboxylic acids is 1. The average molecular weight is 399 g/mol. The lowest BCUT2D eigenvalue weighted by Crippen LogP contribution is -2.21. The molecule has 3 rings (SSSR count). The molecular formula is C22H26N2O3S. The minimum absolute atomic E-state index is 0.0579. The summed E-state index contributed by atoms with van der Waals surface area (Å²) >= 11 is 1.42. The lowest BCUT2D eigenvalue weighted by atomic mass is 9.86. The Morgan fingerprint density at radius 3 is 2.68 bits per heavy atom. The van der Waals surface area contributed by atoms with Gasteiger partial charge in [0.2, 0.25) is 0 Å². The molecule has 0 atom stereocenters. The Hall–Kier alpha value is -2.60. The van der Waals surface area contributed by atoms with Gasteiger partial charge in [-0.1, -0.05) is 57.2 Å². The van der Waals surface area contributed by atoms with Gasteiger partial charge in [0, 0.05) is 0 Å². The Kier molecular flexibility index (Phi) is 6.19. The molecule has 0 bridgehead atoms. The van der Waals surface area contributed by atoms with Gasteiger partial charge in [-0.2, -0.15) is 0 Å². The number of para-hydroxylation sites is 1. The summed E-state index contributed by atoms with van der Waals surface area (Å²) < 4.78 is 12.4. The van der Waals surface area contributed by atoms with Crippen LogP contribution in [0.5, 0.6) is 11.5 Å². The normalized spacial score (nSPS) is 11.4. The Bertz CT molecular complexity index is 960. The average Bonchev–Trinajstić information content (AvgIpc) is 3.05. The van der Waals surface area contributed by atoms with Crippen molar-refractivity contribution in [1.29, 1.82) is 0 Å². The Balaban J connectivity index is 1.64. The molecule has 1 N–H and O–H groups in total. The summed E-state index contributed by atoms with van der Waals surface area (Å²) in [5.41, 5.74) is 1.85. The van der Waals surface area contributed by atoms with Crippen LogP contribution in [0.15, 0.2) is 42.5 Å². The van der Waals surface area contributed by atoms with Crippen LogP contribution < -0.4 is 14.8 Å². The molecule has 0 unspecified atom stereocenters. The highest BCUT2D eigenvalue weighted by molar-refractivity contribution is 7.22. The molecule has 6 heteroatoms. The molecule has 0 aliphatic heterocycles. The van der Waals surface area contributed by atoms with Gasteiger partial charge in [-0.25, -0.2) is 4.98 Å². The lowest BCUT2D eigenvalue weighted by molar-refractivity contribution is -0.118. The fourth-order valence-corrected chi connectivity index (χ4v) is 3.69. The van der Waals surface area contributed by atoms with Gasteiger partial charge < -0.3 is 9.47 Å². The summed E-state index contributed by atoms with van der Waals surface area (Å²) in [6.07, 6.45) is 0.959. The van der Waals surface area contributed by atoms with E-state index >= 15 is 0 Å². The standard InChI is InChI=1S/C22H26N2O3S/c1-5-12-26-15-10-11-17-19(13-15)28-21(23-17)24-20(25)14-27-18-9-7-6-8-16(18)22(2,3)4/h6-11,13H,5,12,14H2,1-4H3,(H,23,24,25). The molecule has 28 heavy (non-hydrogen) atoms. The van der Waals surface area contributed by atoms with Gasteiger partial charge in [0.25, 0.3) is 5.91 Å². The number of hydrogen-bond donors (Lipinski definition) is 1. The zero-order chi connectivity index (χ0) is 20.1. The minimum Gasteiger partial charge on any atom is -0.494 e. The van der Waals surface area contributed by atoms with Crippen LogP contribution in [0, 0.1) is 0 Å². The Morgan fingerprint density at radius 1 is 1.14 bits per heavy atom. The largest absolute Gasteiger partial charge is 0.494 e. The van der Waals surface area contributed by atoms with Crippen molar-refractivity contribution in [2.45, 2.75) is 39.5 Å². The third-order valence-electron chi connectivity index (χ3n) is 4.13. The van der Waals surface area contributed by atoms with E-state index in [-0.39, 0.29) is 17.9 Å². The van der Waals surface area contributed by atoms with E-state index in [1.54, 1.807) is 0 Å². The summed E-state index contributed by atoms with van der Waals surface area (Å²) in [4.78, 5) is 16.8. The highest BCUT2D eigenvalue weighted by Gasteiger charge is 2.19. The van der Waals surface area contributed by atoms with Gasteiger partial charge in [-0.05, 0) is 41.7 Å². The third-order valence-corrected chi connectivity index (χ3v) is 5.07. The second-order valence-corrected chi connectivity index (χ2v) is 8.61. The number of nitrogens with one attached hydrogen (secondary N) is 1. The first-order valence-electron chi connectivity index (χ1n) is 9.42. The van der Waals surface area contributed by atoms with Crippen molar-refractivity contribution in [1.82, 2.24) is 4.98 Å². The van der Waals surface area contributed by atoms with E-state index in [0.29, 0.717) is 11.7 Å². The molecule has 0 saturated carbocycles. The number of thiazole rings is 1. The molecule has 1 heterocycles. The number of benzene rings is 2. The second kappa shape index (κ2) is 8.61. The van der Waals surface area contributed by atoms with Crippen LogP contribution in [-0.4, -0.2) is 24.1 Å². The van der Waals surface area contributed by atoms with E-state index in [9.17, 15) is 4.79 Å². The van der Waals surface area contributed by atoms with E-state index in [2.05, 4.69) is 38.0 Å². The number of ether oxygens (including phenoxy) is 2. The van der Waals surface area contributed by atoms with Crippen molar-refractivity contribution in [3.63, 3.8) is 0 Å². The second-order valence-electron chi connectivity index (χ2n) is 7.58. The summed E-state index contributed by atoms with van der Waals surface area (Å²) in [7, 11) is 0. The van der Waals surface area contributed by atoms with Gasteiger partial charge in [0.1, 0.15) is 11.5 Å². The first-order valence-corrected chi connectivity index (χ1v) is 10.2. The number of anilines is 1. The van der Waals surface area contributed by atoms with Crippen molar-refractivity contribution in [2.75, 3.05) is 18.5 Å². The maximum atomic E-state index is 12.3.